The first-order valence-corrected chi connectivity index (χ1v) is 9.15. The van der Waals surface area contributed by atoms with Gasteiger partial charge in [0.1, 0.15) is 11.5 Å². The highest BCUT2D eigenvalue weighted by Crippen LogP contribution is 2.33. The Bertz CT molecular complexity index is 799. The molecule has 1 saturated carbocycles. The van der Waals surface area contributed by atoms with Gasteiger partial charge in [0.2, 0.25) is 0 Å². The Morgan fingerprint density at radius 2 is 1.48 bits per heavy atom. The summed E-state index contributed by atoms with van der Waals surface area (Å²) in [6, 6.07) is 27.3. The molecule has 0 aromatic heterocycles. The average molecular weight is 327 g/mol. The van der Waals surface area contributed by atoms with E-state index in [1.165, 1.54) is 42.4 Å². The molecule has 0 amide bonds. The van der Waals surface area contributed by atoms with Crippen LogP contribution >= 0.6 is 0 Å². The predicted octanol–water partition coefficient (Wildman–Crippen LogP) is 7.01. The van der Waals surface area contributed by atoms with Crippen molar-refractivity contribution >= 4 is 0 Å². The van der Waals surface area contributed by atoms with E-state index in [0.717, 1.165) is 11.5 Å². The van der Waals surface area contributed by atoms with Gasteiger partial charge in [-0.15, -0.1) is 0 Å². The van der Waals surface area contributed by atoms with Crippen LogP contribution in [0, 0.1) is 6.42 Å². The molecule has 1 radical (unpaired) electrons. The van der Waals surface area contributed by atoms with Crippen molar-refractivity contribution in [1.29, 1.82) is 0 Å². The molecule has 3 aromatic carbocycles. The SMILES string of the molecule is [CH]1CCCCC1c1ccc(Oc2cccc(-c3ccccc3)c2)cc1. The van der Waals surface area contributed by atoms with Crippen molar-refractivity contribution in [2.75, 3.05) is 0 Å². The number of rotatable bonds is 4. The van der Waals surface area contributed by atoms with Crippen LogP contribution in [0.1, 0.15) is 37.2 Å². The number of hydrogen-bond acceptors (Lipinski definition) is 1. The molecule has 1 heteroatoms. The molecule has 0 saturated heterocycles. The molecule has 0 N–H and O–H groups in total. The Balaban J connectivity index is 1.48. The van der Waals surface area contributed by atoms with E-state index < -0.39 is 0 Å². The normalized spacial score (nSPS) is 15.0. The van der Waals surface area contributed by atoms with Gasteiger partial charge in [-0.1, -0.05) is 67.4 Å². The molecule has 1 nitrogen and oxygen atoms in total. The molecule has 3 aromatic rings. The second-order valence-corrected chi connectivity index (χ2v) is 6.69. The summed E-state index contributed by atoms with van der Waals surface area (Å²) in [6.45, 7) is 0. The molecule has 0 bridgehead atoms. The average Bonchev–Trinajstić information content (AvgIpc) is 2.70. The minimum absolute atomic E-state index is 0.615. The lowest BCUT2D eigenvalue weighted by molar-refractivity contribution is 0.481. The maximum atomic E-state index is 6.07. The van der Waals surface area contributed by atoms with Crippen molar-refractivity contribution in [3.8, 4) is 22.6 Å². The summed E-state index contributed by atoms with van der Waals surface area (Å²) in [5.41, 5.74) is 3.78. The van der Waals surface area contributed by atoms with E-state index in [9.17, 15) is 0 Å². The Morgan fingerprint density at radius 1 is 0.680 bits per heavy atom. The third-order valence-corrected chi connectivity index (χ3v) is 4.91. The molecular formula is C24H23O. The van der Waals surface area contributed by atoms with E-state index in [1.807, 2.05) is 18.2 Å². The zero-order valence-electron chi connectivity index (χ0n) is 14.4. The van der Waals surface area contributed by atoms with E-state index in [2.05, 4.69) is 67.1 Å². The van der Waals surface area contributed by atoms with Crippen LogP contribution in [0.2, 0.25) is 0 Å². The molecule has 0 heterocycles. The first-order valence-electron chi connectivity index (χ1n) is 9.15. The summed E-state index contributed by atoms with van der Waals surface area (Å²) in [4.78, 5) is 0. The second-order valence-electron chi connectivity index (χ2n) is 6.69. The molecule has 125 valence electrons. The van der Waals surface area contributed by atoms with Crippen LogP contribution in [-0.4, -0.2) is 0 Å². The summed E-state index contributed by atoms with van der Waals surface area (Å²) >= 11 is 0. The van der Waals surface area contributed by atoms with Gasteiger partial charge in [-0.05, 0) is 66.1 Å². The minimum Gasteiger partial charge on any atom is -0.457 e. The fourth-order valence-electron chi connectivity index (χ4n) is 3.54. The van der Waals surface area contributed by atoms with Crippen molar-refractivity contribution in [1.82, 2.24) is 0 Å². The van der Waals surface area contributed by atoms with Gasteiger partial charge >= 0.3 is 0 Å². The van der Waals surface area contributed by atoms with Crippen LogP contribution in [0.3, 0.4) is 0 Å². The van der Waals surface area contributed by atoms with Gasteiger partial charge in [-0.2, -0.15) is 0 Å². The highest BCUT2D eigenvalue weighted by atomic mass is 16.5. The zero-order valence-corrected chi connectivity index (χ0v) is 14.4. The molecule has 0 spiro atoms. The maximum Gasteiger partial charge on any atom is 0.128 e. The Kier molecular flexibility index (Phi) is 4.83. The van der Waals surface area contributed by atoms with Gasteiger partial charge < -0.3 is 4.74 Å². The van der Waals surface area contributed by atoms with Gasteiger partial charge in [0.05, 0.1) is 0 Å². The summed E-state index contributed by atoms with van der Waals surface area (Å²) in [7, 11) is 0. The minimum atomic E-state index is 0.615. The molecular weight excluding hydrogens is 304 g/mol. The van der Waals surface area contributed by atoms with Crippen LogP contribution in [0.15, 0.2) is 78.9 Å². The fraction of sp³-hybridized carbons (Fsp3) is 0.208. The first-order chi connectivity index (χ1) is 12.4. The van der Waals surface area contributed by atoms with Crippen LogP contribution in [0.25, 0.3) is 11.1 Å². The van der Waals surface area contributed by atoms with Crippen LogP contribution in [-0.2, 0) is 0 Å². The molecule has 1 aliphatic carbocycles. The van der Waals surface area contributed by atoms with Crippen molar-refractivity contribution in [3.05, 3.63) is 90.8 Å². The summed E-state index contributed by atoms with van der Waals surface area (Å²) in [6.07, 6.45) is 7.67. The lowest BCUT2D eigenvalue weighted by Crippen LogP contribution is -2.04. The van der Waals surface area contributed by atoms with E-state index in [4.69, 9.17) is 4.74 Å². The largest absolute Gasteiger partial charge is 0.457 e. The van der Waals surface area contributed by atoms with Gasteiger partial charge in [-0.25, -0.2) is 0 Å². The standard InChI is InChI=1S/C24H23O/c1-3-8-19(9-4-1)21-14-16-23(17-15-21)25-24-13-7-12-22(18-24)20-10-5-2-6-11-20/h2,5-8,10-19H,1,3-4,9H2. The van der Waals surface area contributed by atoms with Gasteiger partial charge in [0, 0.05) is 0 Å². The van der Waals surface area contributed by atoms with E-state index in [-0.39, 0.29) is 0 Å². The number of hydrogen-bond donors (Lipinski definition) is 0. The van der Waals surface area contributed by atoms with Gasteiger partial charge in [0.25, 0.3) is 0 Å². The highest BCUT2D eigenvalue weighted by molar-refractivity contribution is 5.65. The third-order valence-electron chi connectivity index (χ3n) is 4.91. The van der Waals surface area contributed by atoms with E-state index in [0.29, 0.717) is 5.92 Å². The predicted molar refractivity (Wildman–Crippen MR) is 104 cm³/mol. The molecule has 25 heavy (non-hydrogen) atoms. The number of ether oxygens (including phenoxy) is 1. The van der Waals surface area contributed by atoms with Crippen LogP contribution in [0.4, 0.5) is 0 Å². The van der Waals surface area contributed by atoms with Gasteiger partial charge in [-0.3, -0.25) is 0 Å². The molecule has 1 atom stereocenters. The molecule has 4 rings (SSSR count). The van der Waals surface area contributed by atoms with Crippen molar-refractivity contribution in [3.63, 3.8) is 0 Å². The third kappa shape index (κ3) is 3.93. The van der Waals surface area contributed by atoms with Gasteiger partial charge in [0.15, 0.2) is 0 Å². The highest BCUT2D eigenvalue weighted by Gasteiger charge is 2.15. The summed E-state index contributed by atoms with van der Waals surface area (Å²) in [5, 5.41) is 0. The number of benzene rings is 3. The smallest absolute Gasteiger partial charge is 0.128 e. The lowest BCUT2D eigenvalue weighted by Gasteiger charge is -2.21. The van der Waals surface area contributed by atoms with Crippen molar-refractivity contribution < 1.29 is 4.74 Å². The Morgan fingerprint density at radius 3 is 2.24 bits per heavy atom. The van der Waals surface area contributed by atoms with Crippen molar-refractivity contribution in [2.45, 2.75) is 31.6 Å². The van der Waals surface area contributed by atoms with E-state index >= 15 is 0 Å². The lowest BCUT2D eigenvalue weighted by atomic mass is 9.84. The quantitative estimate of drug-likeness (QED) is 0.501. The molecule has 0 aliphatic heterocycles. The monoisotopic (exact) mass is 327 g/mol. The Labute approximate surface area is 150 Å². The van der Waals surface area contributed by atoms with E-state index in [1.54, 1.807) is 0 Å². The summed E-state index contributed by atoms with van der Waals surface area (Å²) < 4.78 is 6.07. The Hall–Kier alpha value is -2.54. The summed E-state index contributed by atoms with van der Waals surface area (Å²) in [5.74, 6) is 2.38. The van der Waals surface area contributed by atoms with Crippen LogP contribution in [0.5, 0.6) is 11.5 Å². The second kappa shape index (κ2) is 7.57. The van der Waals surface area contributed by atoms with Crippen molar-refractivity contribution in [2.24, 2.45) is 0 Å². The topological polar surface area (TPSA) is 9.23 Å². The molecule has 1 fully saturated rings. The fourth-order valence-corrected chi connectivity index (χ4v) is 3.54. The first kappa shape index (κ1) is 16.0. The van der Waals surface area contributed by atoms with Crippen LogP contribution < -0.4 is 4.74 Å². The maximum absolute atomic E-state index is 6.07. The molecule has 1 unspecified atom stereocenters. The zero-order chi connectivity index (χ0) is 16.9. The molecule has 1 aliphatic rings.